The number of likely N-dealkylation sites (tertiary alicyclic amines) is 1. The standard InChI is InChI=1S/C21H24N2O/c1-16-9-11-18(12-10-16)23-20(17-7-3-2-4-8-17)19(21(23)24)15-22-13-5-6-14-22/h2-4,7-12,19-20H,5-6,13-15H2,1H3/t19-,20-/m1/s1. The van der Waals surface area contributed by atoms with Crippen molar-refractivity contribution in [3.8, 4) is 0 Å². The first-order chi connectivity index (χ1) is 11.7. The lowest BCUT2D eigenvalue weighted by atomic mass is 9.81. The van der Waals surface area contributed by atoms with Crippen molar-refractivity contribution >= 4 is 11.6 Å². The summed E-state index contributed by atoms with van der Waals surface area (Å²) < 4.78 is 0. The number of nitrogens with zero attached hydrogens (tertiary/aromatic N) is 2. The van der Waals surface area contributed by atoms with Crippen molar-refractivity contribution in [2.75, 3.05) is 24.5 Å². The predicted octanol–water partition coefficient (Wildman–Crippen LogP) is 3.79. The summed E-state index contributed by atoms with van der Waals surface area (Å²) in [6, 6.07) is 18.9. The van der Waals surface area contributed by atoms with E-state index in [4.69, 9.17) is 0 Å². The van der Waals surface area contributed by atoms with E-state index in [9.17, 15) is 4.79 Å². The van der Waals surface area contributed by atoms with Gasteiger partial charge in [0, 0.05) is 12.2 Å². The summed E-state index contributed by atoms with van der Waals surface area (Å²) in [6.07, 6.45) is 2.52. The summed E-state index contributed by atoms with van der Waals surface area (Å²) in [4.78, 5) is 17.3. The summed E-state index contributed by atoms with van der Waals surface area (Å²) in [5, 5.41) is 0. The maximum absolute atomic E-state index is 12.9. The third-order valence-corrected chi connectivity index (χ3v) is 5.32. The molecule has 2 aliphatic heterocycles. The molecular formula is C21H24N2O. The molecule has 3 heteroatoms. The Morgan fingerprint density at radius 2 is 1.62 bits per heavy atom. The number of carbonyl (C=O) groups excluding carboxylic acids is 1. The van der Waals surface area contributed by atoms with Crippen molar-refractivity contribution in [3.05, 3.63) is 65.7 Å². The zero-order valence-electron chi connectivity index (χ0n) is 14.2. The van der Waals surface area contributed by atoms with E-state index in [1.807, 2.05) is 11.0 Å². The molecule has 2 fully saturated rings. The Kier molecular flexibility index (Phi) is 4.11. The number of rotatable bonds is 4. The minimum Gasteiger partial charge on any atom is -0.304 e. The number of aryl methyl sites for hydroxylation is 1. The predicted molar refractivity (Wildman–Crippen MR) is 97.0 cm³/mol. The number of anilines is 1. The molecule has 2 aromatic carbocycles. The fourth-order valence-corrected chi connectivity index (χ4v) is 3.99. The van der Waals surface area contributed by atoms with Crippen LogP contribution in [0.5, 0.6) is 0 Å². The van der Waals surface area contributed by atoms with Crippen LogP contribution in [0.25, 0.3) is 0 Å². The van der Waals surface area contributed by atoms with Gasteiger partial charge in [-0.25, -0.2) is 0 Å². The molecule has 2 aromatic rings. The van der Waals surface area contributed by atoms with E-state index in [2.05, 4.69) is 60.4 Å². The molecule has 0 saturated carbocycles. The van der Waals surface area contributed by atoms with Gasteiger partial charge in [0.05, 0.1) is 12.0 Å². The Labute approximate surface area is 143 Å². The van der Waals surface area contributed by atoms with Crippen molar-refractivity contribution in [1.29, 1.82) is 0 Å². The van der Waals surface area contributed by atoms with Crippen LogP contribution in [0.1, 0.15) is 30.0 Å². The van der Waals surface area contributed by atoms with Gasteiger partial charge in [-0.05, 0) is 50.6 Å². The molecular weight excluding hydrogens is 296 g/mol. The van der Waals surface area contributed by atoms with Gasteiger partial charge >= 0.3 is 0 Å². The van der Waals surface area contributed by atoms with Crippen molar-refractivity contribution in [1.82, 2.24) is 4.90 Å². The van der Waals surface area contributed by atoms with E-state index in [0.29, 0.717) is 0 Å². The maximum atomic E-state index is 12.9. The first-order valence-electron chi connectivity index (χ1n) is 8.91. The van der Waals surface area contributed by atoms with Crippen LogP contribution in [0.4, 0.5) is 5.69 Å². The van der Waals surface area contributed by atoms with E-state index >= 15 is 0 Å². The number of carbonyl (C=O) groups is 1. The van der Waals surface area contributed by atoms with Gasteiger partial charge in [0.25, 0.3) is 0 Å². The molecule has 0 aliphatic carbocycles. The van der Waals surface area contributed by atoms with Crippen molar-refractivity contribution in [2.24, 2.45) is 5.92 Å². The highest BCUT2D eigenvalue weighted by molar-refractivity contribution is 6.03. The molecule has 0 bridgehead atoms. The maximum Gasteiger partial charge on any atom is 0.234 e. The van der Waals surface area contributed by atoms with Gasteiger partial charge in [-0.1, -0.05) is 48.0 Å². The van der Waals surface area contributed by atoms with Gasteiger partial charge in [0.1, 0.15) is 0 Å². The Bertz CT molecular complexity index is 704. The van der Waals surface area contributed by atoms with Crippen LogP contribution in [-0.4, -0.2) is 30.4 Å². The summed E-state index contributed by atoms with van der Waals surface area (Å²) >= 11 is 0. The zero-order chi connectivity index (χ0) is 16.5. The van der Waals surface area contributed by atoms with E-state index in [0.717, 1.165) is 25.3 Å². The lowest BCUT2D eigenvalue weighted by Crippen LogP contribution is -2.58. The molecule has 0 radical (unpaired) electrons. The van der Waals surface area contributed by atoms with Crippen LogP contribution in [0.2, 0.25) is 0 Å². The Morgan fingerprint density at radius 1 is 0.958 bits per heavy atom. The smallest absolute Gasteiger partial charge is 0.234 e. The van der Waals surface area contributed by atoms with Crippen LogP contribution < -0.4 is 4.90 Å². The summed E-state index contributed by atoms with van der Waals surface area (Å²) in [5.41, 5.74) is 3.47. The van der Waals surface area contributed by atoms with E-state index in [1.165, 1.54) is 24.0 Å². The molecule has 24 heavy (non-hydrogen) atoms. The highest BCUT2D eigenvalue weighted by atomic mass is 16.2. The van der Waals surface area contributed by atoms with E-state index in [-0.39, 0.29) is 17.9 Å². The quantitative estimate of drug-likeness (QED) is 0.800. The summed E-state index contributed by atoms with van der Waals surface area (Å²) in [6.45, 7) is 5.24. The SMILES string of the molecule is Cc1ccc(N2C(=O)[C@H](CN3CCCC3)[C@H]2c2ccccc2)cc1. The topological polar surface area (TPSA) is 23.6 Å². The molecule has 2 heterocycles. The van der Waals surface area contributed by atoms with Crippen LogP contribution >= 0.6 is 0 Å². The van der Waals surface area contributed by atoms with Gasteiger partial charge in [0.2, 0.25) is 5.91 Å². The number of amides is 1. The fraction of sp³-hybridized carbons (Fsp3) is 0.381. The van der Waals surface area contributed by atoms with Crippen molar-refractivity contribution in [2.45, 2.75) is 25.8 Å². The fourth-order valence-electron chi connectivity index (χ4n) is 3.99. The Hall–Kier alpha value is -2.13. The molecule has 2 atom stereocenters. The van der Waals surface area contributed by atoms with Gasteiger partial charge in [-0.3, -0.25) is 4.79 Å². The second-order valence-electron chi connectivity index (χ2n) is 7.01. The average molecular weight is 320 g/mol. The lowest BCUT2D eigenvalue weighted by molar-refractivity contribution is -0.131. The largest absolute Gasteiger partial charge is 0.304 e. The molecule has 1 amide bonds. The highest BCUT2D eigenvalue weighted by Crippen LogP contribution is 2.44. The minimum atomic E-state index is 0.0757. The van der Waals surface area contributed by atoms with Gasteiger partial charge in [0.15, 0.2) is 0 Å². The number of β-lactam (4-membered cyclic amide) rings is 1. The number of benzene rings is 2. The Morgan fingerprint density at radius 3 is 2.29 bits per heavy atom. The second-order valence-corrected chi connectivity index (χ2v) is 7.01. The first-order valence-corrected chi connectivity index (χ1v) is 8.91. The van der Waals surface area contributed by atoms with Crippen LogP contribution in [-0.2, 0) is 4.79 Å². The lowest BCUT2D eigenvalue weighted by Gasteiger charge is -2.48. The van der Waals surface area contributed by atoms with Gasteiger partial charge in [-0.15, -0.1) is 0 Å². The normalized spacial score (nSPS) is 24.2. The average Bonchev–Trinajstić information content (AvgIpc) is 3.13. The first kappa shape index (κ1) is 15.4. The van der Waals surface area contributed by atoms with Gasteiger partial charge in [-0.2, -0.15) is 0 Å². The third-order valence-electron chi connectivity index (χ3n) is 5.32. The second kappa shape index (κ2) is 6.40. The Balaban J connectivity index is 1.63. The molecule has 3 nitrogen and oxygen atoms in total. The molecule has 0 N–H and O–H groups in total. The monoisotopic (exact) mass is 320 g/mol. The van der Waals surface area contributed by atoms with E-state index in [1.54, 1.807) is 0 Å². The van der Waals surface area contributed by atoms with Crippen molar-refractivity contribution < 1.29 is 4.79 Å². The van der Waals surface area contributed by atoms with Crippen molar-refractivity contribution in [3.63, 3.8) is 0 Å². The molecule has 0 unspecified atom stereocenters. The van der Waals surface area contributed by atoms with E-state index < -0.39 is 0 Å². The summed E-state index contributed by atoms with van der Waals surface area (Å²) in [5.74, 6) is 0.339. The number of hydrogen-bond donors (Lipinski definition) is 0. The van der Waals surface area contributed by atoms with Crippen LogP contribution in [0.3, 0.4) is 0 Å². The zero-order valence-corrected chi connectivity index (χ0v) is 14.2. The van der Waals surface area contributed by atoms with Crippen LogP contribution in [0.15, 0.2) is 54.6 Å². The van der Waals surface area contributed by atoms with Gasteiger partial charge < -0.3 is 9.80 Å². The third kappa shape index (κ3) is 2.73. The molecule has 0 aromatic heterocycles. The molecule has 2 saturated heterocycles. The molecule has 4 rings (SSSR count). The number of hydrogen-bond acceptors (Lipinski definition) is 2. The molecule has 2 aliphatic rings. The minimum absolute atomic E-state index is 0.0757. The highest BCUT2D eigenvalue weighted by Gasteiger charge is 2.49. The van der Waals surface area contributed by atoms with Crippen LogP contribution in [0, 0.1) is 12.8 Å². The molecule has 124 valence electrons. The molecule has 0 spiro atoms. The summed E-state index contributed by atoms with van der Waals surface area (Å²) in [7, 11) is 0.